The Bertz CT molecular complexity index is 961. The van der Waals surface area contributed by atoms with Crippen LogP contribution < -0.4 is 5.32 Å². The lowest BCUT2D eigenvalue weighted by Gasteiger charge is -2.30. The molecule has 0 radical (unpaired) electrons. The molecule has 0 spiro atoms. The van der Waals surface area contributed by atoms with Crippen LogP contribution in [0, 0.1) is 19.8 Å². The van der Waals surface area contributed by atoms with Gasteiger partial charge in [0.1, 0.15) is 0 Å². The summed E-state index contributed by atoms with van der Waals surface area (Å²) in [5, 5.41) is 2.77. The fourth-order valence-corrected chi connectivity index (χ4v) is 3.57. The predicted octanol–water partition coefficient (Wildman–Crippen LogP) is 3.74. The first kappa shape index (κ1) is 22.3. The molecule has 1 aliphatic rings. The number of piperidine rings is 1. The standard InChI is InChI=1S/C25H28N2O4/c1-18-8-10-22(19(2)16-18)26-23(28)17-31-25(30)21-12-14-27(15-13-21)24(29)11-9-20-6-4-3-5-7-20/h3-11,16,21H,12-15,17H2,1-2H3,(H,26,28)/b11-9+. The van der Waals surface area contributed by atoms with Gasteiger partial charge in [-0.1, -0.05) is 48.0 Å². The molecule has 6 heteroatoms. The van der Waals surface area contributed by atoms with E-state index in [4.69, 9.17) is 4.74 Å². The molecule has 0 aromatic heterocycles. The summed E-state index contributed by atoms with van der Waals surface area (Å²) in [6.45, 7) is 4.57. The molecular weight excluding hydrogens is 392 g/mol. The van der Waals surface area contributed by atoms with Crippen molar-refractivity contribution in [2.75, 3.05) is 25.0 Å². The number of rotatable bonds is 6. The van der Waals surface area contributed by atoms with Crippen molar-refractivity contribution in [3.63, 3.8) is 0 Å². The van der Waals surface area contributed by atoms with Crippen molar-refractivity contribution in [1.82, 2.24) is 4.90 Å². The highest BCUT2D eigenvalue weighted by Gasteiger charge is 2.28. The molecular formula is C25H28N2O4. The number of esters is 1. The molecule has 0 saturated carbocycles. The number of benzene rings is 2. The van der Waals surface area contributed by atoms with E-state index < -0.39 is 0 Å². The van der Waals surface area contributed by atoms with Crippen molar-refractivity contribution in [3.05, 3.63) is 71.3 Å². The van der Waals surface area contributed by atoms with Crippen molar-refractivity contribution < 1.29 is 19.1 Å². The van der Waals surface area contributed by atoms with Gasteiger partial charge in [0.05, 0.1) is 5.92 Å². The molecule has 1 aliphatic heterocycles. The molecule has 2 aromatic rings. The molecule has 162 valence electrons. The first-order valence-corrected chi connectivity index (χ1v) is 10.5. The maximum absolute atomic E-state index is 12.4. The highest BCUT2D eigenvalue weighted by atomic mass is 16.5. The average Bonchev–Trinajstić information content (AvgIpc) is 2.78. The summed E-state index contributed by atoms with van der Waals surface area (Å²) in [5.41, 5.74) is 3.75. The Labute approximate surface area is 182 Å². The summed E-state index contributed by atoms with van der Waals surface area (Å²) in [5.74, 6) is -1.11. The lowest BCUT2D eigenvalue weighted by Crippen LogP contribution is -2.40. The molecule has 1 saturated heterocycles. The zero-order chi connectivity index (χ0) is 22.2. The molecule has 0 aliphatic carbocycles. The SMILES string of the molecule is Cc1ccc(NC(=O)COC(=O)C2CCN(C(=O)/C=C/c3ccccc3)CC2)c(C)c1. The van der Waals surface area contributed by atoms with Gasteiger partial charge in [-0.2, -0.15) is 0 Å². The van der Waals surface area contributed by atoms with Gasteiger partial charge in [0.25, 0.3) is 5.91 Å². The van der Waals surface area contributed by atoms with Crippen LogP contribution in [0.5, 0.6) is 0 Å². The number of carbonyl (C=O) groups excluding carboxylic acids is 3. The Balaban J connectivity index is 1.41. The molecule has 3 rings (SSSR count). The minimum atomic E-state index is -0.386. The largest absolute Gasteiger partial charge is 0.455 e. The van der Waals surface area contributed by atoms with Gasteiger partial charge in [-0.15, -0.1) is 0 Å². The third-order valence-electron chi connectivity index (χ3n) is 5.36. The molecule has 1 N–H and O–H groups in total. The van der Waals surface area contributed by atoms with Gasteiger partial charge in [0, 0.05) is 24.9 Å². The van der Waals surface area contributed by atoms with Crippen LogP contribution in [0.4, 0.5) is 5.69 Å². The first-order chi connectivity index (χ1) is 14.9. The normalized spacial score (nSPS) is 14.5. The molecule has 6 nitrogen and oxygen atoms in total. The second-order valence-electron chi connectivity index (χ2n) is 7.82. The Morgan fingerprint density at radius 3 is 2.45 bits per heavy atom. The van der Waals surface area contributed by atoms with Crippen LogP contribution in [0.2, 0.25) is 0 Å². The molecule has 2 aromatic carbocycles. The Hall–Kier alpha value is -3.41. The van der Waals surface area contributed by atoms with Gasteiger partial charge < -0.3 is 15.0 Å². The van der Waals surface area contributed by atoms with Crippen LogP contribution in [-0.2, 0) is 19.1 Å². The minimum Gasteiger partial charge on any atom is -0.455 e. The van der Waals surface area contributed by atoms with Gasteiger partial charge in [-0.05, 0) is 50.0 Å². The van der Waals surface area contributed by atoms with Crippen LogP contribution in [0.3, 0.4) is 0 Å². The van der Waals surface area contributed by atoms with E-state index in [9.17, 15) is 14.4 Å². The topological polar surface area (TPSA) is 75.7 Å². The van der Waals surface area contributed by atoms with Crippen LogP contribution >= 0.6 is 0 Å². The maximum Gasteiger partial charge on any atom is 0.309 e. The summed E-state index contributed by atoms with van der Waals surface area (Å²) in [6.07, 6.45) is 4.41. The number of nitrogens with zero attached hydrogens (tertiary/aromatic N) is 1. The lowest BCUT2D eigenvalue weighted by molar-refractivity contribution is -0.153. The molecule has 0 unspecified atom stereocenters. The van der Waals surface area contributed by atoms with Crippen LogP contribution in [0.25, 0.3) is 6.08 Å². The zero-order valence-corrected chi connectivity index (χ0v) is 18.0. The predicted molar refractivity (Wildman–Crippen MR) is 120 cm³/mol. The summed E-state index contributed by atoms with van der Waals surface area (Å²) in [4.78, 5) is 38.5. The second kappa shape index (κ2) is 10.6. The van der Waals surface area contributed by atoms with Crippen LogP contribution in [0.15, 0.2) is 54.6 Å². The van der Waals surface area contributed by atoms with Gasteiger partial charge in [-0.3, -0.25) is 14.4 Å². The average molecular weight is 421 g/mol. The number of hydrogen-bond donors (Lipinski definition) is 1. The molecule has 1 heterocycles. The van der Waals surface area contributed by atoms with E-state index in [1.165, 1.54) is 0 Å². The van der Waals surface area contributed by atoms with Gasteiger partial charge in [0.2, 0.25) is 5.91 Å². The third kappa shape index (κ3) is 6.54. The fourth-order valence-electron chi connectivity index (χ4n) is 3.57. The van der Waals surface area contributed by atoms with E-state index in [1.807, 2.05) is 62.4 Å². The van der Waals surface area contributed by atoms with E-state index in [-0.39, 0.29) is 30.3 Å². The second-order valence-corrected chi connectivity index (χ2v) is 7.82. The molecule has 1 fully saturated rings. The fraction of sp³-hybridized carbons (Fsp3) is 0.320. The molecule has 2 amide bonds. The number of carbonyl (C=O) groups is 3. The Morgan fingerprint density at radius 2 is 1.77 bits per heavy atom. The van der Waals surface area contributed by atoms with Crippen LogP contribution in [-0.4, -0.2) is 42.4 Å². The van der Waals surface area contributed by atoms with E-state index in [0.717, 1.165) is 16.7 Å². The number of hydrogen-bond acceptors (Lipinski definition) is 4. The van der Waals surface area contributed by atoms with Crippen LogP contribution in [0.1, 0.15) is 29.5 Å². The van der Waals surface area contributed by atoms with Crippen molar-refractivity contribution in [2.45, 2.75) is 26.7 Å². The summed E-state index contributed by atoms with van der Waals surface area (Å²) >= 11 is 0. The summed E-state index contributed by atoms with van der Waals surface area (Å²) in [7, 11) is 0. The van der Waals surface area contributed by atoms with Gasteiger partial charge in [0.15, 0.2) is 6.61 Å². The number of amides is 2. The summed E-state index contributed by atoms with van der Waals surface area (Å²) in [6, 6.07) is 15.4. The van der Waals surface area contributed by atoms with Crippen molar-refractivity contribution in [3.8, 4) is 0 Å². The number of likely N-dealkylation sites (tertiary alicyclic amines) is 1. The Morgan fingerprint density at radius 1 is 1.06 bits per heavy atom. The van der Waals surface area contributed by atoms with E-state index in [1.54, 1.807) is 17.1 Å². The van der Waals surface area contributed by atoms with Gasteiger partial charge >= 0.3 is 5.97 Å². The number of ether oxygens (including phenoxy) is 1. The first-order valence-electron chi connectivity index (χ1n) is 10.5. The third-order valence-corrected chi connectivity index (χ3v) is 5.36. The van der Waals surface area contributed by atoms with Crippen molar-refractivity contribution in [1.29, 1.82) is 0 Å². The zero-order valence-electron chi connectivity index (χ0n) is 18.0. The Kier molecular flexibility index (Phi) is 7.60. The van der Waals surface area contributed by atoms with Gasteiger partial charge in [-0.25, -0.2) is 0 Å². The lowest BCUT2D eigenvalue weighted by atomic mass is 9.97. The highest BCUT2D eigenvalue weighted by Crippen LogP contribution is 2.20. The molecule has 0 bridgehead atoms. The monoisotopic (exact) mass is 420 g/mol. The quantitative estimate of drug-likeness (QED) is 0.571. The molecule has 0 atom stereocenters. The van der Waals surface area contributed by atoms with E-state index in [2.05, 4.69) is 5.32 Å². The minimum absolute atomic E-state index is 0.0662. The number of aryl methyl sites for hydroxylation is 2. The highest BCUT2D eigenvalue weighted by molar-refractivity contribution is 5.94. The van der Waals surface area contributed by atoms with E-state index in [0.29, 0.717) is 31.6 Å². The summed E-state index contributed by atoms with van der Waals surface area (Å²) < 4.78 is 5.21. The van der Waals surface area contributed by atoms with Crippen molar-refractivity contribution in [2.24, 2.45) is 5.92 Å². The van der Waals surface area contributed by atoms with Crippen molar-refractivity contribution >= 4 is 29.5 Å². The number of nitrogens with one attached hydrogen (secondary N) is 1. The van der Waals surface area contributed by atoms with E-state index >= 15 is 0 Å². The smallest absolute Gasteiger partial charge is 0.309 e. The molecule has 31 heavy (non-hydrogen) atoms. The maximum atomic E-state index is 12.4. The number of anilines is 1.